The number of phenols is 1. The summed E-state index contributed by atoms with van der Waals surface area (Å²) in [5.74, 6) is -0.698. The van der Waals surface area contributed by atoms with Crippen LogP contribution in [0, 0.1) is 4.77 Å². The Morgan fingerprint density at radius 3 is 2.89 bits per heavy atom. The van der Waals surface area contributed by atoms with E-state index in [1.807, 2.05) is 17.5 Å². The van der Waals surface area contributed by atoms with Crippen molar-refractivity contribution in [3.63, 3.8) is 0 Å². The first-order valence-electron chi connectivity index (χ1n) is 7.90. The fourth-order valence-electron chi connectivity index (χ4n) is 2.46. The number of aromatic nitrogens is 3. The molecule has 0 atom stereocenters. The summed E-state index contributed by atoms with van der Waals surface area (Å²) in [6.07, 6.45) is 0.105. The van der Waals surface area contributed by atoms with Crippen LogP contribution in [-0.2, 0) is 16.1 Å². The van der Waals surface area contributed by atoms with Gasteiger partial charge in [0, 0.05) is 13.0 Å². The quantitative estimate of drug-likeness (QED) is 0.331. The fraction of sp³-hybridized carbons (Fsp3) is 0.176. The molecule has 1 amide bonds. The van der Waals surface area contributed by atoms with Crippen LogP contribution < -0.4 is 5.32 Å². The average molecular weight is 404 g/mol. The van der Waals surface area contributed by atoms with Gasteiger partial charge >= 0.3 is 5.97 Å². The lowest BCUT2D eigenvalue weighted by molar-refractivity contribution is -0.116. The summed E-state index contributed by atoms with van der Waals surface area (Å²) in [5, 5.41) is 21.6. The van der Waals surface area contributed by atoms with Crippen LogP contribution >= 0.6 is 23.6 Å². The summed E-state index contributed by atoms with van der Waals surface area (Å²) in [7, 11) is 1.22. The molecular weight excluding hydrogens is 388 g/mol. The van der Waals surface area contributed by atoms with E-state index in [2.05, 4.69) is 20.3 Å². The number of carbonyl (C=O) groups is 2. The lowest BCUT2D eigenvalue weighted by Crippen LogP contribution is -2.15. The van der Waals surface area contributed by atoms with Gasteiger partial charge < -0.3 is 15.2 Å². The summed E-state index contributed by atoms with van der Waals surface area (Å²) in [4.78, 5) is 24.9. The molecule has 0 bridgehead atoms. The van der Waals surface area contributed by atoms with Gasteiger partial charge in [-0.3, -0.25) is 14.5 Å². The first kappa shape index (κ1) is 18.8. The zero-order chi connectivity index (χ0) is 19.4. The van der Waals surface area contributed by atoms with E-state index in [4.69, 9.17) is 12.2 Å². The van der Waals surface area contributed by atoms with Crippen LogP contribution in [0.3, 0.4) is 0 Å². The molecule has 3 rings (SSSR count). The number of thiophene rings is 1. The van der Waals surface area contributed by atoms with E-state index in [1.54, 1.807) is 10.6 Å². The minimum atomic E-state index is -0.686. The van der Waals surface area contributed by atoms with Crippen LogP contribution in [0.15, 0.2) is 35.7 Å². The number of aromatic amines is 1. The average Bonchev–Trinajstić information content (AvgIpc) is 3.30. The van der Waals surface area contributed by atoms with Crippen LogP contribution in [0.5, 0.6) is 5.75 Å². The zero-order valence-electron chi connectivity index (χ0n) is 14.3. The third-order valence-electron chi connectivity index (χ3n) is 3.78. The largest absolute Gasteiger partial charge is 0.505 e. The van der Waals surface area contributed by atoms with Gasteiger partial charge in [-0.2, -0.15) is 5.10 Å². The van der Waals surface area contributed by atoms with Gasteiger partial charge in [-0.25, -0.2) is 4.79 Å². The van der Waals surface area contributed by atoms with Crippen LogP contribution in [0.25, 0.3) is 10.7 Å². The Hall–Kier alpha value is -2.98. The lowest BCUT2D eigenvalue weighted by Gasteiger charge is -2.10. The van der Waals surface area contributed by atoms with Gasteiger partial charge in [-0.05, 0) is 35.8 Å². The molecule has 0 saturated heterocycles. The van der Waals surface area contributed by atoms with Crippen LogP contribution in [-0.4, -0.2) is 38.9 Å². The highest BCUT2D eigenvalue weighted by Crippen LogP contribution is 2.28. The van der Waals surface area contributed by atoms with Gasteiger partial charge in [0.15, 0.2) is 16.3 Å². The number of nitrogens with one attached hydrogen (secondary N) is 2. The highest BCUT2D eigenvalue weighted by molar-refractivity contribution is 7.71. The molecule has 0 aliphatic carbocycles. The first-order valence-corrected chi connectivity index (χ1v) is 9.19. The van der Waals surface area contributed by atoms with Crippen LogP contribution in [0.4, 0.5) is 5.69 Å². The molecule has 3 N–H and O–H groups in total. The van der Waals surface area contributed by atoms with Crippen molar-refractivity contribution in [3.05, 3.63) is 46.0 Å². The number of esters is 1. The van der Waals surface area contributed by atoms with E-state index in [-0.39, 0.29) is 29.3 Å². The number of ether oxygens (including phenoxy) is 1. The molecular formula is C17H16N4O4S2. The van der Waals surface area contributed by atoms with E-state index < -0.39 is 5.97 Å². The molecule has 0 aliphatic rings. The highest BCUT2D eigenvalue weighted by atomic mass is 32.1. The number of carbonyl (C=O) groups excluding carboxylic acids is 2. The number of anilines is 1. The molecule has 3 aromatic rings. The molecule has 0 spiro atoms. The summed E-state index contributed by atoms with van der Waals surface area (Å²) >= 11 is 6.76. The van der Waals surface area contributed by atoms with Crippen molar-refractivity contribution in [1.82, 2.24) is 14.8 Å². The summed E-state index contributed by atoms with van der Waals surface area (Å²) in [6.45, 7) is 0.311. The Balaban J connectivity index is 1.71. The number of rotatable bonds is 6. The van der Waals surface area contributed by atoms with Gasteiger partial charge in [0.2, 0.25) is 5.91 Å². The van der Waals surface area contributed by atoms with E-state index >= 15 is 0 Å². The molecule has 0 unspecified atom stereocenters. The van der Waals surface area contributed by atoms with Gasteiger partial charge in [0.1, 0.15) is 5.56 Å². The topological polar surface area (TPSA) is 109 Å². The second-order valence-electron chi connectivity index (χ2n) is 5.47. The van der Waals surface area contributed by atoms with Gasteiger partial charge in [0.25, 0.3) is 0 Å². The van der Waals surface area contributed by atoms with Crippen LogP contribution in [0.1, 0.15) is 16.8 Å². The third kappa shape index (κ3) is 4.07. The van der Waals surface area contributed by atoms with Crippen molar-refractivity contribution >= 4 is 41.1 Å². The number of para-hydroxylation sites is 1. The minimum Gasteiger partial charge on any atom is -0.505 e. The number of aromatic hydroxyl groups is 1. The third-order valence-corrected chi connectivity index (χ3v) is 4.96. The Morgan fingerprint density at radius 2 is 2.19 bits per heavy atom. The number of amides is 1. The Kier molecular flexibility index (Phi) is 5.67. The highest BCUT2D eigenvalue weighted by Gasteiger charge is 2.16. The Morgan fingerprint density at radius 1 is 1.37 bits per heavy atom. The van der Waals surface area contributed by atoms with Crippen molar-refractivity contribution in [1.29, 1.82) is 0 Å². The number of hydrogen-bond donors (Lipinski definition) is 3. The number of hydrogen-bond acceptors (Lipinski definition) is 7. The number of benzene rings is 1. The summed E-state index contributed by atoms with van der Waals surface area (Å²) in [5.41, 5.74) is 0.115. The predicted octanol–water partition coefficient (Wildman–Crippen LogP) is 3.19. The van der Waals surface area contributed by atoms with Crippen molar-refractivity contribution < 1.29 is 19.4 Å². The predicted molar refractivity (Wildman–Crippen MR) is 103 cm³/mol. The number of phenolic OH excluding ortho intramolecular Hbond substituents is 1. The summed E-state index contributed by atoms with van der Waals surface area (Å²) < 4.78 is 6.76. The second-order valence-corrected chi connectivity index (χ2v) is 6.81. The lowest BCUT2D eigenvalue weighted by atomic mass is 10.1. The number of H-pyrrole nitrogens is 1. The van der Waals surface area contributed by atoms with Crippen molar-refractivity contribution in [2.75, 3.05) is 12.4 Å². The molecule has 10 heteroatoms. The maximum Gasteiger partial charge on any atom is 0.341 e. The van der Waals surface area contributed by atoms with E-state index in [1.165, 1.54) is 30.6 Å². The van der Waals surface area contributed by atoms with E-state index in [0.29, 0.717) is 17.1 Å². The SMILES string of the molecule is COC(=O)c1cccc(NC(=O)CCn2c(-c3cccs3)n[nH]c2=S)c1O. The van der Waals surface area contributed by atoms with Gasteiger partial charge in [0.05, 0.1) is 17.7 Å². The molecule has 27 heavy (non-hydrogen) atoms. The molecule has 0 fully saturated rings. The normalized spacial score (nSPS) is 10.6. The van der Waals surface area contributed by atoms with Gasteiger partial charge in [-0.1, -0.05) is 12.1 Å². The van der Waals surface area contributed by atoms with Crippen molar-refractivity contribution in [2.45, 2.75) is 13.0 Å². The smallest absolute Gasteiger partial charge is 0.341 e. The molecule has 1 aromatic carbocycles. The fourth-order valence-corrected chi connectivity index (χ4v) is 3.41. The molecule has 2 aromatic heterocycles. The minimum absolute atomic E-state index is 0.0210. The zero-order valence-corrected chi connectivity index (χ0v) is 15.9. The summed E-state index contributed by atoms with van der Waals surface area (Å²) in [6, 6.07) is 8.28. The maximum atomic E-state index is 12.3. The van der Waals surface area contributed by atoms with Crippen LogP contribution in [0.2, 0.25) is 0 Å². The standard InChI is InChI=1S/C17H16N4O4S2/c1-25-16(24)10-4-2-5-11(14(10)23)18-13(22)7-8-21-15(19-20-17(21)26)12-6-3-9-27-12/h2-6,9,23H,7-8H2,1H3,(H,18,22)(H,20,26). The molecule has 140 valence electrons. The van der Waals surface area contributed by atoms with Crippen molar-refractivity contribution in [2.24, 2.45) is 0 Å². The Labute approximate surface area is 163 Å². The number of methoxy groups -OCH3 is 1. The molecule has 0 saturated carbocycles. The molecule has 0 aliphatic heterocycles. The monoisotopic (exact) mass is 404 g/mol. The maximum absolute atomic E-state index is 12.3. The van der Waals surface area contributed by atoms with Gasteiger partial charge in [-0.15, -0.1) is 11.3 Å². The molecule has 2 heterocycles. The Bertz CT molecular complexity index is 1020. The van der Waals surface area contributed by atoms with E-state index in [0.717, 1.165) is 4.88 Å². The molecule has 0 radical (unpaired) electrons. The van der Waals surface area contributed by atoms with Crippen molar-refractivity contribution in [3.8, 4) is 16.5 Å². The number of nitrogens with zero attached hydrogens (tertiary/aromatic N) is 2. The first-order chi connectivity index (χ1) is 13.0. The second kappa shape index (κ2) is 8.14. The van der Waals surface area contributed by atoms with E-state index in [9.17, 15) is 14.7 Å². The molecule has 8 nitrogen and oxygen atoms in total.